The molecule has 0 spiro atoms. The lowest BCUT2D eigenvalue weighted by Gasteiger charge is -2.61. The molecule has 0 bridgehead atoms. The molecule has 0 radical (unpaired) electrons. The Kier molecular flexibility index (Phi) is 15.8. The highest BCUT2D eigenvalue weighted by Crippen LogP contribution is 2.69. The highest BCUT2D eigenvalue weighted by Gasteiger charge is 2.64. The highest BCUT2D eigenvalue weighted by molar-refractivity contribution is 5.13. The Bertz CT molecular complexity index is 1440. The molecule has 0 aromatic rings. The first-order valence-electron chi connectivity index (χ1n) is 23.2. The van der Waals surface area contributed by atoms with Crippen molar-refractivity contribution in [2.75, 3.05) is 26.4 Å². The van der Waals surface area contributed by atoms with Crippen LogP contribution in [0.3, 0.4) is 0 Å². The van der Waals surface area contributed by atoms with E-state index >= 15 is 0 Å². The van der Waals surface area contributed by atoms with E-state index < -0.39 is 105 Å². The van der Waals surface area contributed by atoms with Crippen LogP contribution in [0.1, 0.15) is 91.9 Å². The number of hydrogen-bond donors (Lipinski definition) is 12. The van der Waals surface area contributed by atoms with Crippen molar-refractivity contribution < 1.29 is 89.7 Å². The maximum absolute atomic E-state index is 11.6. The topological polar surface area (TPSA) is 298 Å². The summed E-state index contributed by atoms with van der Waals surface area (Å²) in [6, 6.07) is 0. The van der Waals surface area contributed by atoms with Gasteiger partial charge in [-0.1, -0.05) is 27.7 Å². The number of ether oxygens (including phenoxy) is 6. The highest BCUT2D eigenvalue weighted by atomic mass is 16.7. The normalized spacial score (nSPS) is 52.4. The van der Waals surface area contributed by atoms with Gasteiger partial charge in [0, 0.05) is 6.61 Å². The minimum atomic E-state index is -1.76. The molecule has 0 aromatic carbocycles. The Morgan fingerprint density at radius 2 is 1.27 bits per heavy atom. The second kappa shape index (κ2) is 19.9. The van der Waals surface area contributed by atoms with Crippen LogP contribution in [0, 0.1) is 52.3 Å². The fourth-order valence-corrected chi connectivity index (χ4v) is 13.4. The smallest absolute Gasteiger partial charge is 0.187 e. The zero-order chi connectivity index (χ0) is 45.0. The second-order valence-corrected chi connectivity index (χ2v) is 20.7. The quantitative estimate of drug-likeness (QED) is 0.0883. The SMILES string of the molecule is C[C@H](CO)CC[C@@H](O)[C@@H](C)[C@H]1[C@@H](O[C@@H]2OC[C@@H](O)[C@H](O)[C@H]2O)C[C@H]2[C@@H]3CC[C@H]4C[C@@H](O[C@@H]5O[C@H](CO)[C@H](O[C@@H]6O[C@H](CO)[C@@H](O)[C@H](O)[C@H]6O)[C@H](O)[C@H]5O)CC[C@]4(C)[C@H]3CC[C@]12C. The number of aliphatic hydroxyl groups excluding tert-OH is 12. The summed E-state index contributed by atoms with van der Waals surface area (Å²) in [7, 11) is 0. The number of rotatable bonds is 14. The lowest BCUT2D eigenvalue weighted by Crippen LogP contribution is -2.65. The van der Waals surface area contributed by atoms with E-state index in [2.05, 4.69) is 20.8 Å². The average Bonchev–Trinajstić information content (AvgIpc) is 3.56. The first-order valence-corrected chi connectivity index (χ1v) is 23.2. The second-order valence-electron chi connectivity index (χ2n) is 20.7. The van der Waals surface area contributed by atoms with Crippen LogP contribution in [0.4, 0.5) is 0 Å². The van der Waals surface area contributed by atoms with Gasteiger partial charge in [0.25, 0.3) is 0 Å². The molecule has 4 aliphatic carbocycles. The van der Waals surface area contributed by atoms with E-state index in [0.29, 0.717) is 49.9 Å². The molecule has 18 heteroatoms. The minimum absolute atomic E-state index is 0.0173. The van der Waals surface area contributed by atoms with Gasteiger partial charge >= 0.3 is 0 Å². The molecule has 360 valence electrons. The predicted molar refractivity (Wildman–Crippen MR) is 215 cm³/mol. The first kappa shape index (κ1) is 49.2. The summed E-state index contributed by atoms with van der Waals surface area (Å²) in [5.74, 6) is 1.14. The summed E-state index contributed by atoms with van der Waals surface area (Å²) < 4.78 is 35.9. The van der Waals surface area contributed by atoms with Gasteiger partial charge in [-0.15, -0.1) is 0 Å². The van der Waals surface area contributed by atoms with Crippen LogP contribution in [-0.4, -0.2) is 192 Å². The maximum Gasteiger partial charge on any atom is 0.187 e. The average molecular weight is 893 g/mol. The summed E-state index contributed by atoms with van der Waals surface area (Å²) in [4.78, 5) is 0. The molecular formula is C44H76O18. The Hall–Kier alpha value is -0.720. The summed E-state index contributed by atoms with van der Waals surface area (Å²) in [5, 5.41) is 126. The van der Waals surface area contributed by atoms with Gasteiger partial charge in [-0.25, -0.2) is 0 Å². The molecule has 62 heavy (non-hydrogen) atoms. The van der Waals surface area contributed by atoms with E-state index in [0.717, 1.165) is 32.1 Å². The van der Waals surface area contributed by atoms with Gasteiger partial charge in [-0.05, 0) is 116 Å². The molecule has 0 unspecified atom stereocenters. The molecule has 7 fully saturated rings. The van der Waals surface area contributed by atoms with Gasteiger partial charge in [0.05, 0.1) is 38.1 Å². The van der Waals surface area contributed by atoms with Crippen molar-refractivity contribution in [3.8, 4) is 0 Å². The summed E-state index contributed by atoms with van der Waals surface area (Å²) in [5.41, 5.74) is -0.213. The van der Waals surface area contributed by atoms with Gasteiger partial charge in [-0.3, -0.25) is 0 Å². The van der Waals surface area contributed by atoms with Crippen molar-refractivity contribution in [1.82, 2.24) is 0 Å². The molecule has 26 atom stereocenters. The molecule has 3 aliphatic heterocycles. The van der Waals surface area contributed by atoms with Crippen LogP contribution in [-0.2, 0) is 28.4 Å². The molecule has 3 saturated heterocycles. The lowest BCUT2D eigenvalue weighted by molar-refractivity contribution is -0.364. The predicted octanol–water partition coefficient (Wildman–Crippen LogP) is -1.51. The van der Waals surface area contributed by atoms with Crippen molar-refractivity contribution in [1.29, 1.82) is 0 Å². The third-order valence-electron chi connectivity index (χ3n) is 17.2. The third-order valence-corrected chi connectivity index (χ3v) is 17.2. The van der Waals surface area contributed by atoms with E-state index in [1.54, 1.807) is 0 Å². The first-order chi connectivity index (χ1) is 29.4. The van der Waals surface area contributed by atoms with Crippen LogP contribution < -0.4 is 0 Å². The number of fused-ring (bicyclic) bond motifs is 5. The third kappa shape index (κ3) is 9.16. The summed E-state index contributed by atoms with van der Waals surface area (Å²) >= 11 is 0. The monoisotopic (exact) mass is 893 g/mol. The fraction of sp³-hybridized carbons (Fsp3) is 1.00. The molecule has 0 aromatic heterocycles. The molecular weight excluding hydrogens is 816 g/mol. The van der Waals surface area contributed by atoms with Crippen LogP contribution in [0.5, 0.6) is 0 Å². The summed E-state index contributed by atoms with van der Waals surface area (Å²) in [6.45, 7) is 7.31. The molecule has 3 heterocycles. The summed E-state index contributed by atoms with van der Waals surface area (Å²) in [6.07, 6.45) is -13.7. The number of aliphatic hydroxyl groups is 12. The van der Waals surface area contributed by atoms with Crippen molar-refractivity contribution in [2.45, 2.75) is 196 Å². The van der Waals surface area contributed by atoms with Crippen molar-refractivity contribution >= 4 is 0 Å². The molecule has 7 aliphatic rings. The molecule has 4 saturated carbocycles. The molecule has 0 amide bonds. The van der Waals surface area contributed by atoms with Crippen LogP contribution in [0.15, 0.2) is 0 Å². The van der Waals surface area contributed by atoms with E-state index in [-0.39, 0.29) is 59.9 Å². The van der Waals surface area contributed by atoms with Gasteiger partial charge in [-0.2, -0.15) is 0 Å². The van der Waals surface area contributed by atoms with E-state index in [1.165, 1.54) is 0 Å². The van der Waals surface area contributed by atoms with Crippen molar-refractivity contribution in [3.63, 3.8) is 0 Å². The molecule has 18 nitrogen and oxygen atoms in total. The van der Waals surface area contributed by atoms with E-state index in [4.69, 9.17) is 28.4 Å². The standard InChI is InChI=1S/C44H76O18/c1-19(15-45)5-8-26(48)20(2)31-28(59-40-36(54)32(50)27(49)18-57-40)14-25-23-7-6-21-13-22(9-11-43(21,3)24(23)10-12-44(25,31)4)58-41-38(56)35(53)39(30(17-47)61-41)62-42-37(55)34(52)33(51)29(16-46)60-42/h19-42,45-56H,5-18H2,1-4H3/t19-,20+,21-,22-,23+,24-,25-,26+,27+,28-,29+,30+,31-,32-,33+,34-,35+,36+,37+,38+,39-,40-,41+,42-,43-,44-/m0/s1. The Morgan fingerprint density at radius 1 is 0.629 bits per heavy atom. The van der Waals surface area contributed by atoms with Crippen molar-refractivity contribution in [3.05, 3.63) is 0 Å². The van der Waals surface area contributed by atoms with Crippen molar-refractivity contribution in [2.24, 2.45) is 52.3 Å². The zero-order valence-electron chi connectivity index (χ0n) is 36.6. The fourth-order valence-electron chi connectivity index (χ4n) is 13.4. The zero-order valence-corrected chi connectivity index (χ0v) is 36.6. The van der Waals surface area contributed by atoms with Gasteiger partial charge in [0.2, 0.25) is 0 Å². The number of hydrogen-bond acceptors (Lipinski definition) is 18. The lowest BCUT2D eigenvalue weighted by atomic mass is 9.44. The van der Waals surface area contributed by atoms with E-state index in [1.807, 2.05) is 6.92 Å². The molecule has 12 N–H and O–H groups in total. The Balaban J connectivity index is 1.02. The van der Waals surface area contributed by atoms with Gasteiger partial charge in [0.1, 0.15) is 67.1 Å². The van der Waals surface area contributed by atoms with Gasteiger partial charge in [0.15, 0.2) is 18.9 Å². The van der Waals surface area contributed by atoms with Crippen LogP contribution in [0.25, 0.3) is 0 Å². The van der Waals surface area contributed by atoms with E-state index in [9.17, 15) is 61.3 Å². The largest absolute Gasteiger partial charge is 0.396 e. The molecule has 7 rings (SSSR count). The van der Waals surface area contributed by atoms with Crippen LogP contribution in [0.2, 0.25) is 0 Å². The maximum atomic E-state index is 11.6. The van der Waals surface area contributed by atoms with Gasteiger partial charge < -0.3 is 89.7 Å². The van der Waals surface area contributed by atoms with Crippen LogP contribution >= 0.6 is 0 Å². The minimum Gasteiger partial charge on any atom is -0.396 e. The Labute approximate surface area is 364 Å². The Morgan fingerprint density at radius 3 is 1.97 bits per heavy atom.